The Morgan fingerprint density at radius 3 is 2.24 bits per heavy atom. The Morgan fingerprint density at radius 1 is 0.960 bits per heavy atom. The van der Waals surface area contributed by atoms with E-state index < -0.39 is 6.04 Å². The number of benzene rings is 2. The minimum atomic E-state index is -0.467. The number of amides is 1. The van der Waals surface area contributed by atoms with E-state index in [1.165, 1.54) is 5.56 Å². The van der Waals surface area contributed by atoms with Crippen molar-refractivity contribution in [3.63, 3.8) is 0 Å². The standard InChI is InChI=1S/C20H24ClN3O/c21-18-8-6-17(7-9-18)15-23-10-12-24(13-11-23)20(25)19(22)14-16-4-2-1-3-5-16/h1-9,19H,10-15,22H2/t19-/m0/s1. The zero-order chi connectivity index (χ0) is 17.6. The van der Waals surface area contributed by atoms with Crippen LogP contribution in [0, 0.1) is 0 Å². The van der Waals surface area contributed by atoms with E-state index >= 15 is 0 Å². The first kappa shape index (κ1) is 17.9. The Hall–Kier alpha value is -1.88. The molecule has 1 atom stereocenters. The van der Waals surface area contributed by atoms with Gasteiger partial charge in [0.1, 0.15) is 0 Å². The van der Waals surface area contributed by atoms with Crippen molar-refractivity contribution >= 4 is 17.5 Å². The molecule has 1 saturated heterocycles. The van der Waals surface area contributed by atoms with Gasteiger partial charge >= 0.3 is 0 Å². The molecule has 0 aliphatic carbocycles. The maximum absolute atomic E-state index is 12.6. The average molecular weight is 358 g/mol. The molecule has 0 bridgehead atoms. The number of hydrogen-bond donors (Lipinski definition) is 1. The molecule has 1 amide bonds. The first-order chi connectivity index (χ1) is 12.1. The molecule has 1 aliphatic rings. The van der Waals surface area contributed by atoms with Crippen molar-refractivity contribution in [2.45, 2.75) is 19.0 Å². The topological polar surface area (TPSA) is 49.6 Å². The smallest absolute Gasteiger partial charge is 0.239 e. The van der Waals surface area contributed by atoms with Crippen molar-refractivity contribution < 1.29 is 4.79 Å². The highest BCUT2D eigenvalue weighted by Gasteiger charge is 2.25. The summed E-state index contributed by atoms with van der Waals surface area (Å²) in [7, 11) is 0. The Bertz CT molecular complexity index is 682. The number of carbonyl (C=O) groups excluding carboxylic acids is 1. The van der Waals surface area contributed by atoms with Gasteiger partial charge < -0.3 is 10.6 Å². The van der Waals surface area contributed by atoms with E-state index in [4.69, 9.17) is 17.3 Å². The van der Waals surface area contributed by atoms with Gasteiger partial charge in [-0.3, -0.25) is 9.69 Å². The number of piperazine rings is 1. The van der Waals surface area contributed by atoms with Crippen LogP contribution in [0.25, 0.3) is 0 Å². The summed E-state index contributed by atoms with van der Waals surface area (Å²) in [5, 5.41) is 0.756. The fourth-order valence-electron chi connectivity index (χ4n) is 3.16. The number of hydrogen-bond acceptors (Lipinski definition) is 3. The fourth-order valence-corrected chi connectivity index (χ4v) is 3.29. The normalized spacial score (nSPS) is 16.6. The van der Waals surface area contributed by atoms with Gasteiger partial charge in [0.2, 0.25) is 5.91 Å². The van der Waals surface area contributed by atoms with Crippen LogP contribution < -0.4 is 5.73 Å². The van der Waals surface area contributed by atoms with Crippen LogP contribution in [-0.2, 0) is 17.8 Å². The van der Waals surface area contributed by atoms with Crippen LogP contribution in [0.5, 0.6) is 0 Å². The van der Waals surface area contributed by atoms with Gasteiger partial charge in [0.15, 0.2) is 0 Å². The van der Waals surface area contributed by atoms with Crippen LogP contribution in [0.4, 0.5) is 0 Å². The summed E-state index contributed by atoms with van der Waals surface area (Å²) in [5.41, 5.74) is 8.48. The fraction of sp³-hybridized carbons (Fsp3) is 0.350. The monoisotopic (exact) mass is 357 g/mol. The minimum absolute atomic E-state index is 0.0509. The Balaban J connectivity index is 1.48. The third kappa shape index (κ3) is 5.05. The molecular formula is C20H24ClN3O. The zero-order valence-corrected chi connectivity index (χ0v) is 15.0. The van der Waals surface area contributed by atoms with E-state index in [1.807, 2.05) is 47.4 Å². The third-order valence-electron chi connectivity index (χ3n) is 4.62. The SMILES string of the molecule is N[C@@H](Cc1ccccc1)C(=O)N1CCN(Cc2ccc(Cl)cc2)CC1. The number of rotatable bonds is 5. The second-order valence-corrected chi connectivity index (χ2v) is 6.96. The molecule has 5 heteroatoms. The molecule has 2 aromatic carbocycles. The van der Waals surface area contributed by atoms with Crippen LogP contribution in [0.1, 0.15) is 11.1 Å². The molecule has 0 aromatic heterocycles. The van der Waals surface area contributed by atoms with Gasteiger partial charge in [0, 0.05) is 37.7 Å². The predicted molar refractivity (Wildman–Crippen MR) is 101 cm³/mol. The van der Waals surface area contributed by atoms with Crippen LogP contribution in [0.2, 0.25) is 5.02 Å². The summed E-state index contributed by atoms with van der Waals surface area (Å²) in [4.78, 5) is 16.8. The minimum Gasteiger partial charge on any atom is -0.339 e. The second-order valence-electron chi connectivity index (χ2n) is 6.52. The molecule has 2 aromatic rings. The van der Waals surface area contributed by atoms with E-state index in [-0.39, 0.29) is 5.91 Å². The van der Waals surface area contributed by atoms with Crippen molar-refractivity contribution in [2.75, 3.05) is 26.2 Å². The Labute approximate surface area is 154 Å². The lowest BCUT2D eigenvalue weighted by atomic mass is 10.1. The molecule has 25 heavy (non-hydrogen) atoms. The molecule has 4 nitrogen and oxygen atoms in total. The van der Waals surface area contributed by atoms with Crippen molar-refractivity contribution in [1.29, 1.82) is 0 Å². The number of nitrogens with zero attached hydrogens (tertiary/aromatic N) is 2. The second kappa shape index (κ2) is 8.48. The first-order valence-electron chi connectivity index (χ1n) is 8.67. The summed E-state index contributed by atoms with van der Waals surface area (Å²) in [6.07, 6.45) is 0.588. The largest absolute Gasteiger partial charge is 0.339 e. The average Bonchev–Trinajstić information content (AvgIpc) is 2.64. The summed E-state index contributed by atoms with van der Waals surface area (Å²) in [5.74, 6) is 0.0509. The summed E-state index contributed by atoms with van der Waals surface area (Å²) in [6.45, 7) is 4.08. The maximum atomic E-state index is 12.6. The van der Waals surface area contributed by atoms with Gasteiger partial charge in [-0.2, -0.15) is 0 Å². The quantitative estimate of drug-likeness (QED) is 0.894. The molecular weight excluding hydrogens is 334 g/mol. The van der Waals surface area contributed by atoms with Gasteiger partial charge in [-0.05, 0) is 29.7 Å². The van der Waals surface area contributed by atoms with E-state index in [0.29, 0.717) is 6.42 Å². The molecule has 1 heterocycles. The van der Waals surface area contributed by atoms with Crippen LogP contribution in [0.3, 0.4) is 0 Å². The van der Waals surface area contributed by atoms with Crippen molar-refractivity contribution in [3.8, 4) is 0 Å². The molecule has 2 N–H and O–H groups in total. The van der Waals surface area contributed by atoms with E-state index in [9.17, 15) is 4.79 Å². The lowest BCUT2D eigenvalue weighted by Crippen LogP contribution is -2.53. The number of nitrogens with two attached hydrogens (primary N) is 1. The Morgan fingerprint density at radius 2 is 1.60 bits per heavy atom. The molecule has 0 radical (unpaired) electrons. The lowest BCUT2D eigenvalue weighted by Gasteiger charge is -2.36. The molecule has 0 spiro atoms. The van der Waals surface area contributed by atoms with Gasteiger partial charge in [0.25, 0.3) is 0 Å². The van der Waals surface area contributed by atoms with Gasteiger partial charge in [-0.1, -0.05) is 54.1 Å². The molecule has 1 aliphatic heterocycles. The Kier molecular flexibility index (Phi) is 6.08. The van der Waals surface area contributed by atoms with Crippen LogP contribution in [0.15, 0.2) is 54.6 Å². The van der Waals surface area contributed by atoms with Crippen LogP contribution >= 0.6 is 11.6 Å². The van der Waals surface area contributed by atoms with Gasteiger partial charge in [0.05, 0.1) is 6.04 Å². The number of halogens is 1. The van der Waals surface area contributed by atoms with Gasteiger partial charge in [-0.25, -0.2) is 0 Å². The summed E-state index contributed by atoms with van der Waals surface area (Å²) >= 11 is 5.93. The highest BCUT2D eigenvalue weighted by atomic mass is 35.5. The van der Waals surface area contributed by atoms with E-state index in [2.05, 4.69) is 17.0 Å². The van der Waals surface area contributed by atoms with Gasteiger partial charge in [-0.15, -0.1) is 0 Å². The lowest BCUT2D eigenvalue weighted by molar-refractivity contribution is -0.134. The third-order valence-corrected chi connectivity index (χ3v) is 4.87. The molecule has 132 valence electrons. The first-order valence-corrected chi connectivity index (χ1v) is 9.05. The van der Waals surface area contributed by atoms with Crippen molar-refractivity contribution in [2.24, 2.45) is 5.73 Å². The van der Waals surface area contributed by atoms with E-state index in [0.717, 1.165) is 43.3 Å². The summed E-state index contributed by atoms with van der Waals surface area (Å²) in [6, 6.07) is 17.4. The molecule has 1 fully saturated rings. The molecule has 0 saturated carbocycles. The van der Waals surface area contributed by atoms with E-state index in [1.54, 1.807) is 0 Å². The molecule has 0 unspecified atom stereocenters. The highest BCUT2D eigenvalue weighted by molar-refractivity contribution is 6.30. The van der Waals surface area contributed by atoms with Crippen LogP contribution in [-0.4, -0.2) is 47.9 Å². The van der Waals surface area contributed by atoms with Crippen molar-refractivity contribution in [1.82, 2.24) is 9.80 Å². The zero-order valence-electron chi connectivity index (χ0n) is 14.3. The molecule has 3 rings (SSSR count). The maximum Gasteiger partial charge on any atom is 0.239 e. The highest BCUT2D eigenvalue weighted by Crippen LogP contribution is 2.13. The van der Waals surface area contributed by atoms with Crippen molar-refractivity contribution in [3.05, 3.63) is 70.7 Å². The summed E-state index contributed by atoms with van der Waals surface area (Å²) < 4.78 is 0. The number of carbonyl (C=O) groups is 1. The predicted octanol–water partition coefficient (Wildman–Crippen LogP) is 2.55.